The van der Waals surface area contributed by atoms with Crippen LogP contribution in [0.5, 0.6) is 0 Å². The van der Waals surface area contributed by atoms with Crippen LogP contribution >= 0.6 is 7.82 Å². The number of hydrogen-bond donors (Lipinski definition) is 4. The van der Waals surface area contributed by atoms with Crippen molar-refractivity contribution in [3.05, 3.63) is 0 Å². The van der Waals surface area contributed by atoms with Crippen LogP contribution in [-0.4, -0.2) is 22.6 Å². The van der Waals surface area contributed by atoms with Crippen molar-refractivity contribution >= 4 is 7.82 Å². The van der Waals surface area contributed by atoms with Gasteiger partial charge in [0.25, 0.3) is 0 Å². The summed E-state index contributed by atoms with van der Waals surface area (Å²) in [5.41, 5.74) is 9.82. The maximum absolute atomic E-state index is 9.90. The van der Waals surface area contributed by atoms with Gasteiger partial charge in [-0.1, -0.05) is 0 Å². The molecule has 0 radical (unpaired) electrons. The standard InChI is InChI=1S/C2H9N2O4P/c3-2(4)1-8-9(5,6)7/h2H,1,3-4H2,(H2,5,6,7). The van der Waals surface area contributed by atoms with E-state index in [1.165, 1.54) is 0 Å². The second-order valence-corrected chi connectivity index (χ2v) is 2.69. The van der Waals surface area contributed by atoms with Gasteiger partial charge in [-0.15, -0.1) is 0 Å². The first kappa shape index (κ1) is 9.03. The Kier molecular flexibility index (Phi) is 3.27. The third kappa shape index (κ3) is 8.03. The van der Waals surface area contributed by atoms with E-state index in [0.29, 0.717) is 0 Å². The van der Waals surface area contributed by atoms with Gasteiger partial charge in [0.15, 0.2) is 0 Å². The fourth-order valence-corrected chi connectivity index (χ4v) is 0.549. The molecule has 0 unspecified atom stereocenters. The number of phosphoric ester groups is 1. The predicted octanol–water partition coefficient (Wildman–Crippen LogP) is -1.66. The van der Waals surface area contributed by atoms with E-state index in [0.717, 1.165) is 0 Å². The Bertz CT molecular complexity index is 120. The average Bonchev–Trinajstić information content (AvgIpc) is 1.59. The van der Waals surface area contributed by atoms with Gasteiger partial charge in [-0.25, -0.2) is 4.57 Å². The van der Waals surface area contributed by atoms with Crippen molar-refractivity contribution in [2.45, 2.75) is 6.17 Å². The predicted molar refractivity (Wildman–Crippen MR) is 30.2 cm³/mol. The van der Waals surface area contributed by atoms with Crippen LogP contribution in [0.2, 0.25) is 0 Å². The maximum Gasteiger partial charge on any atom is 0.469 e. The van der Waals surface area contributed by atoms with Gasteiger partial charge in [-0.05, 0) is 0 Å². The summed E-state index contributed by atoms with van der Waals surface area (Å²) in [6.07, 6.45) is -0.849. The van der Waals surface area contributed by atoms with E-state index in [9.17, 15) is 4.57 Å². The first-order valence-electron chi connectivity index (χ1n) is 2.13. The lowest BCUT2D eigenvalue weighted by Crippen LogP contribution is -2.34. The molecule has 56 valence electrons. The SMILES string of the molecule is NC(N)COP(=O)(O)O. The van der Waals surface area contributed by atoms with E-state index in [1.807, 2.05) is 0 Å². The summed E-state index contributed by atoms with van der Waals surface area (Å²) in [5, 5.41) is 0. The summed E-state index contributed by atoms with van der Waals surface area (Å²) in [6.45, 7) is -0.343. The third-order valence-electron chi connectivity index (χ3n) is 0.435. The Morgan fingerprint density at radius 2 is 2.00 bits per heavy atom. The van der Waals surface area contributed by atoms with E-state index >= 15 is 0 Å². The molecular formula is C2H9N2O4P. The lowest BCUT2D eigenvalue weighted by Gasteiger charge is -2.06. The average molecular weight is 156 g/mol. The summed E-state index contributed by atoms with van der Waals surface area (Å²) in [4.78, 5) is 16.1. The van der Waals surface area contributed by atoms with E-state index in [-0.39, 0.29) is 6.61 Å². The van der Waals surface area contributed by atoms with Crippen molar-refractivity contribution < 1.29 is 18.9 Å². The van der Waals surface area contributed by atoms with E-state index in [4.69, 9.17) is 21.3 Å². The number of hydrogen-bond acceptors (Lipinski definition) is 4. The van der Waals surface area contributed by atoms with Crippen LogP contribution in [0.3, 0.4) is 0 Å². The molecule has 9 heavy (non-hydrogen) atoms. The molecule has 0 bridgehead atoms. The minimum Gasteiger partial charge on any atom is -0.314 e. The molecule has 0 aromatic carbocycles. The van der Waals surface area contributed by atoms with E-state index in [1.54, 1.807) is 0 Å². The summed E-state index contributed by atoms with van der Waals surface area (Å²) in [6, 6.07) is 0. The fourth-order valence-electron chi connectivity index (χ4n) is 0.183. The number of phosphoric acid groups is 1. The minimum absolute atomic E-state index is 0.343. The summed E-state index contributed by atoms with van der Waals surface area (Å²) in [5.74, 6) is 0. The van der Waals surface area contributed by atoms with Crippen LogP contribution in [0, 0.1) is 0 Å². The van der Waals surface area contributed by atoms with Crippen molar-refractivity contribution in [3.63, 3.8) is 0 Å². The van der Waals surface area contributed by atoms with Crippen LogP contribution in [0.4, 0.5) is 0 Å². The van der Waals surface area contributed by atoms with Gasteiger partial charge in [-0.3, -0.25) is 4.52 Å². The monoisotopic (exact) mass is 156 g/mol. The number of rotatable bonds is 3. The Hall–Kier alpha value is 0.0300. The van der Waals surface area contributed by atoms with Crippen LogP contribution in [0.1, 0.15) is 0 Å². The highest BCUT2D eigenvalue weighted by Crippen LogP contribution is 2.35. The van der Waals surface area contributed by atoms with Crippen molar-refractivity contribution in [1.29, 1.82) is 0 Å². The molecule has 0 fully saturated rings. The van der Waals surface area contributed by atoms with E-state index < -0.39 is 14.0 Å². The zero-order valence-corrected chi connectivity index (χ0v) is 5.49. The molecule has 0 amide bonds. The van der Waals surface area contributed by atoms with Gasteiger partial charge in [-0.2, -0.15) is 0 Å². The molecule has 0 saturated heterocycles. The van der Waals surface area contributed by atoms with Crippen LogP contribution < -0.4 is 11.5 Å². The zero-order chi connectivity index (χ0) is 7.49. The van der Waals surface area contributed by atoms with Crippen LogP contribution in [-0.2, 0) is 9.09 Å². The van der Waals surface area contributed by atoms with Crippen molar-refractivity contribution in [2.24, 2.45) is 11.5 Å². The smallest absolute Gasteiger partial charge is 0.314 e. The Morgan fingerprint density at radius 3 is 2.11 bits per heavy atom. The highest BCUT2D eigenvalue weighted by molar-refractivity contribution is 7.46. The van der Waals surface area contributed by atoms with Crippen molar-refractivity contribution in [1.82, 2.24) is 0 Å². The molecule has 0 atom stereocenters. The maximum atomic E-state index is 9.90. The Morgan fingerprint density at radius 1 is 1.56 bits per heavy atom. The minimum atomic E-state index is -4.38. The van der Waals surface area contributed by atoms with Crippen molar-refractivity contribution in [2.75, 3.05) is 6.61 Å². The normalized spacial score (nSPS) is 12.6. The van der Waals surface area contributed by atoms with Gasteiger partial charge in [0, 0.05) is 0 Å². The Labute approximate surface area is 52.0 Å². The fraction of sp³-hybridized carbons (Fsp3) is 1.00. The van der Waals surface area contributed by atoms with Crippen LogP contribution in [0.15, 0.2) is 0 Å². The molecule has 0 spiro atoms. The lowest BCUT2D eigenvalue weighted by atomic mass is 10.6. The largest absolute Gasteiger partial charge is 0.469 e. The number of nitrogens with two attached hydrogens (primary N) is 2. The van der Waals surface area contributed by atoms with Crippen molar-refractivity contribution in [3.8, 4) is 0 Å². The van der Waals surface area contributed by atoms with Gasteiger partial charge in [0.2, 0.25) is 0 Å². The third-order valence-corrected chi connectivity index (χ3v) is 0.921. The zero-order valence-electron chi connectivity index (χ0n) is 4.60. The van der Waals surface area contributed by atoms with Gasteiger partial charge >= 0.3 is 7.82 Å². The molecule has 0 rings (SSSR count). The molecule has 0 aromatic heterocycles. The molecule has 0 heterocycles. The first-order chi connectivity index (χ1) is 3.92. The topological polar surface area (TPSA) is 119 Å². The highest BCUT2D eigenvalue weighted by Gasteiger charge is 2.13. The molecule has 0 aliphatic heterocycles. The molecule has 0 saturated carbocycles. The lowest BCUT2D eigenvalue weighted by molar-refractivity contribution is 0.187. The second kappa shape index (κ2) is 3.26. The van der Waals surface area contributed by atoms with Crippen LogP contribution in [0.25, 0.3) is 0 Å². The highest BCUT2D eigenvalue weighted by atomic mass is 31.2. The van der Waals surface area contributed by atoms with E-state index in [2.05, 4.69) is 4.52 Å². The van der Waals surface area contributed by atoms with Gasteiger partial charge in [0.05, 0.1) is 12.8 Å². The molecule has 6 nitrogen and oxygen atoms in total. The summed E-state index contributed by atoms with van der Waals surface area (Å²) >= 11 is 0. The molecule has 0 aliphatic carbocycles. The Balaban J connectivity index is 3.40. The second-order valence-electron chi connectivity index (χ2n) is 1.45. The molecule has 0 aromatic rings. The quantitative estimate of drug-likeness (QED) is 0.287. The van der Waals surface area contributed by atoms with Gasteiger partial charge < -0.3 is 21.3 Å². The first-order valence-corrected chi connectivity index (χ1v) is 3.66. The molecule has 7 heteroatoms. The molecule has 0 aliphatic rings. The molecular weight excluding hydrogens is 147 g/mol. The summed E-state index contributed by atoms with van der Waals surface area (Å²) in [7, 11) is -4.38. The van der Waals surface area contributed by atoms with Gasteiger partial charge in [0.1, 0.15) is 0 Å². The molecule has 6 N–H and O–H groups in total. The summed E-state index contributed by atoms with van der Waals surface area (Å²) < 4.78 is 13.8.